The molecule has 2 atom stereocenters. The molecule has 0 amide bonds. The van der Waals surface area contributed by atoms with Crippen molar-refractivity contribution in [2.75, 3.05) is 37.4 Å². The Bertz CT molecular complexity index is 648. The Hall–Kier alpha value is -2.25. The monoisotopic (exact) mass is 316 g/mol. The van der Waals surface area contributed by atoms with Gasteiger partial charge in [-0.3, -0.25) is 5.43 Å². The van der Waals surface area contributed by atoms with E-state index in [-0.39, 0.29) is 11.9 Å². The van der Waals surface area contributed by atoms with Gasteiger partial charge in [0, 0.05) is 33.1 Å². The smallest absolute Gasteiger partial charge is 0.224 e. The van der Waals surface area contributed by atoms with E-state index in [1.807, 2.05) is 18.2 Å². The minimum atomic E-state index is -0.424. The molecule has 0 saturated carbocycles. The highest BCUT2D eigenvalue weighted by molar-refractivity contribution is 5.42. The lowest BCUT2D eigenvalue weighted by atomic mass is 9.95. The van der Waals surface area contributed by atoms with E-state index in [0.29, 0.717) is 18.4 Å². The van der Waals surface area contributed by atoms with Crippen molar-refractivity contribution in [1.82, 2.24) is 20.8 Å². The van der Waals surface area contributed by atoms with E-state index in [4.69, 9.17) is 0 Å². The van der Waals surface area contributed by atoms with E-state index in [1.165, 1.54) is 11.8 Å². The zero-order chi connectivity index (χ0) is 16.2. The van der Waals surface area contributed by atoms with E-state index in [2.05, 4.69) is 38.3 Å². The van der Waals surface area contributed by atoms with Gasteiger partial charge in [0.2, 0.25) is 5.95 Å². The maximum absolute atomic E-state index is 13.6. The average molecular weight is 316 g/mol. The molecule has 1 fully saturated rings. The lowest BCUT2D eigenvalue weighted by Gasteiger charge is -2.19. The normalized spacial score (nSPS) is 20.5. The lowest BCUT2D eigenvalue weighted by molar-refractivity contribution is 0.492. The van der Waals surface area contributed by atoms with E-state index >= 15 is 0 Å². The first-order valence-electron chi connectivity index (χ1n) is 7.62. The molecule has 3 rings (SSSR count). The SMILES string of the molecule is CN(C)c1nc(NCC2CNNC2c2ccccc2)ncc1F. The van der Waals surface area contributed by atoms with Crippen LogP contribution in [0.25, 0.3) is 0 Å². The van der Waals surface area contributed by atoms with Crippen LogP contribution in [0.1, 0.15) is 11.6 Å². The van der Waals surface area contributed by atoms with Crippen molar-refractivity contribution in [2.45, 2.75) is 6.04 Å². The molecule has 2 heterocycles. The van der Waals surface area contributed by atoms with Gasteiger partial charge in [0.15, 0.2) is 11.6 Å². The van der Waals surface area contributed by atoms with Crippen LogP contribution in [0, 0.1) is 11.7 Å². The zero-order valence-electron chi connectivity index (χ0n) is 13.3. The molecule has 7 heteroatoms. The van der Waals surface area contributed by atoms with Gasteiger partial charge in [-0.25, -0.2) is 14.8 Å². The van der Waals surface area contributed by atoms with E-state index < -0.39 is 5.82 Å². The summed E-state index contributed by atoms with van der Waals surface area (Å²) in [7, 11) is 3.51. The number of hydrogen-bond donors (Lipinski definition) is 3. The Labute approximate surface area is 135 Å². The van der Waals surface area contributed by atoms with Crippen molar-refractivity contribution in [2.24, 2.45) is 5.92 Å². The van der Waals surface area contributed by atoms with Gasteiger partial charge in [0.25, 0.3) is 0 Å². The third-order valence-electron chi connectivity index (χ3n) is 3.92. The fourth-order valence-corrected chi connectivity index (χ4v) is 2.72. The summed E-state index contributed by atoms with van der Waals surface area (Å²) in [4.78, 5) is 9.87. The number of nitrogens with one attached hydrogen (secondary N) is 3. The fraction of sp³-hybridized carbons (Fsp3) is 0.375. The number of anilines is 2. The van der Waals surface area contributed by atoms with Crippen LogP contribution in [0.5, 0.6) is 0 Å². The highest BCUT2D eigenvalue weighted by Crippen LogP contribution is 2.25. The first-order valence-corrected chi connectivity index (χ1v) is 7.62. The van der Waals surface area contributed by atoms with Crippen molar-refractivity contribution < 1.29 is 4.39 Å². The standard InChI is InChI=1S/C16H21FN6/c1-23(2)15-13(17)10-19-16(21-15)18-8-12-9-20-22-14(12)11-6-4-3-5-7-11/h3-7,10,12,14,20,22H,8-9H2,1-2H3,(H,18,19,21). The number of hydrazine groups is 1. The molecule has 0 aliphatic carbocycles. The maximum Gasteiger partial charge on any atom is 0.224 e. The topological polar surface area (TPSA) is 65.1 Å². The van der Waals surface area contributed by atoms with Crippen LogP contribution in [0.3, 0.4) is 0 Å². The molecule has 0 radical (unpaired) electrons. The number of halogens is 1. The highest BCUT2D eigenvalue weighted by atomic mass is 19.1. The Kier molecular flexibility index (Phi) is 4.68. The number of hydrogen-bond acceptors (Lipinski definition) is 6. The minimum Gasteiger partial charge on any atom is -0.360 e. The van der Waals surface area contributed by atoms with Crippen LogP contribution in [0.15, 0.2) is 36.5 Å². The van der Waals surface area contributed by atoms with Gasteiger partial charge >= 0.3 is 0 Å². The molecule has 2 unspecified atom stereocenters. The molecular formula is C16H21FN6. The second-order valence-electron chi connectivity index (χ2n) is 5.81. The van der Waals surface area contributed by atoms with Crippen molar-refractivity contribution in [3.63, 3.8) is 0 Å². The van der Waals surface area contributed by atoms with E-state index in [0.717, 1.165) is 6.54 Å². The molecule has 3 N–H and O–H groups in total. The fourth-order valence-electron chi connectivity index (χ4n) is 2.72. The Morgan fingerprint density at radius 3 is 2.83 bits per heavy atom. The molecule has 23 heavy (non-hydrogen) atoms. The number of rotatable bonds is 5. The van der Waals surface area contributed by atoms with Gasteiger partial charge in [0.05, 0.1) is 12.2 Å². The van der Waals surface area contributed by atoms with Crippen LogP contribution in [-0.2, 0) is 0 Å². The van der Waals surface area contributed by atoms with Gasteiger partial charge in [-0.1, -0.05) is 30.3 Å². The number of aromatic nitrogens is 2. The van der Waals surface area contributed by atoms with Crippen molar-refractivity contribution >= 4 is 11.8 Å². The molecule has 0 bridgehead atoms. The van der Waals surface area contributed by atoms with Gasteiger partial charge < -0.3 is 10.2 Å². The summed E-state index contributed by atoms with van der Waals surface area (Å²) in [5.74, 6) is 0.638. The molecule has 122 valence electrons. The average Bonchev–Trinajstić information content (AvgIpc) is 3.03. The highest BCUT2D eigenvalue weighted by Gasteiger charge is 2.28. The summed E-state index contributed by atoms with van der Waals surface area (Å²) in [5.41, 5.74) is 7.73. The van der Waals surface area contributed by atoms with Crippen molar-refractivity contribution in [3.8, 4) is 0 Å². The van der Waals surface area contributed by atoms with Gasteiger partial charge in [-0.2, -0.15) is 4.98 Å². The molecule has 2 aromatic rings. The first-order chi connectivity index (χ1) is 11.1. The predicted molar refractivity (Wildman–Crippen MR) is 88.6 cm³/mol. The van der Waals surface area contributed by atoms with Crippen LogP contribution >= 0.6 is 0 Å². The molecular weight excluding hydrogens is 295 g/mol. The largest absolute Gasteiger partial charge is 0.360 e. The van der Waals surface area contributed by atoms with Gasteiger partial charge in [0.1, 0.15) is 0 Å². The van der Waals surface area contributed by atoms with E-state index in [9.17, 15) is 4.39 Å². The summed E-state index contributed by atoms with van der Waals surface area (Å²) in [6, 6.07) is 10.5. The lowest BCUT2D eigenvalue weighted by Crippen LogP contribution is -2.26. The van der Waals surface area contributed by atoms with Crippen molar-refractivity contribution in [1.29, 1.82) is 0 Å². The van der Waals surface area contributed by atoms with E-state index in [1.54, 1.807) is 19.0 Å². The molecule has 1 saturated heterocycles. The van der Waals surface area contributed by atoms with Crippen LogP contribution < -0.4 is 21.1 Å². The van der Waals surface area contributed by atoms with Gasteiger partial charge in [-0.05, 0) is 5.56 Å². The molecule has 1 aromatic carbocycles. The zero-order valence-corrected chi connectivity index (χ0v) is 13.3. The van der Waals surface area contributed by atoms with Crippen LogP contribution in [0.4, 0.5) is 16.2 Å². The second-order valence-corrected chi connectivity index (χ2v) is 5.81. The summed E-state index contributed by atoms with van der Waals surface area (Å²) < 4.78 is 13.6. The summed E-state index contributed by atoms with van der Waals surface area (Å²) in [5, 5.41) is 3.21. The summed E-state index contributed by atoms with van der Waals surface area (Å²) in [6.45, 7) is 1.53. The molecule has 1 aliphatic rings. The van der Waals surface area contributed by atoms with Gasteiger partial charge in [-0.15, -0.1) is 0 Å². The maximum atomic E-state index is 13.6. The molecule has 0 spiro atoms. The third-order valence-corrected chi connectivity index (χ3v) is 3.92. The minimum absolute atomic E-state index is 0.220. The molecule has 1 aromatic heterocycles. The summed E-state index contributed by atoms with van der Waals surface area (Å²) >= 11 is 0. The quantitative estimate of drug-likeness (QED) is 0.778. The Morgan fingerprint density at radius 2 is 2.09 bits per heavy atom. The first kappa shape index (κ1) is 15.6. The Morgan fingerprint density at radius 1 is 1.30 bits per heavy atom. The number of benzene rings is 1. The second kappa shape index (κ2) is 6.89. The van der Waals surface area contributed by atoms with Crippen LogP contribution in [-0.4, -0.2) is 37.2 Å². The van der Waals surface area contributed by atoms with Crippen LogP contribution in [0.2, 0.25) is 0 Å². The summed E-state index contributed by atoms with van der Waals surface area (Å²) in [6.07, 6.45) is 1.20. The molecule has 1 aliphatic heterocycles. The third kappa shape index (κ3) is 3.57. The number of nitrogens with zero attached hydrogens (tertiary/aromatic N) is 3. The Balaban J connectivity index is 1.67. The predicted octanol–water partition coefficient (Wildman–Crippen LogP) is 1.56. The van der Waals surface area contributed by atoms with Crippen molar-refractivity contribution in [3.05, 3.63) is 47.9 Å². The molecule has 6 nitrogen and oxygen atoms in total.